The molecule has 0 fully saturated rings. The largest absolute Gasteiger partial charge is 0.494 e. The first kappa shape index (κ1) is 20.9. The fourth-order valence-electron chi connectivity index (χ4n) is 2.38. The number of hydrogen-bond acceptors (Lipinski definition) is 6. The minimum Gasteiger partial charge on any atom is -0.494 e. The van der Waals surface area contributed by atoms with Gasteiger partial charge in [0.15, 0.2) is 0 Å². The van der Waals surface area contributed by atoms with Crippen molar-refractivity contribution in [3.05, 3.63) is 48.0 Å². The van der Waals surface area contributed by atoms with E-state index in [0.29, 0.717) is 13.2 Å². The zero-order valence-electron chi connectivity index (χ0n) is 15.8. The first-order chi connectivity index (χ1) is 13.2. The van der Waals surface area contributed by atoms with Crippen LogP contribution < -0.4 is 9.47 Å². The average Bonchev–Trinajstić information content (AvgIpc) is 2.69. The molecule has 146 valence electrons. The summed E-state index contributed by atoms with van der Waals surface area (Å²) in [6.45, 7) is 3.55. The smallest absolute Gasteiger partial charge is 0.122 e. The molecule has 0 heterocycles. The number of ether oxygens (including phenoxy) is 2. The molecule has 0 unspecified atom stereocenters. The van der Waals surface area contributed by atoms with Crippen LogP contribution >= 0.6 is 0 Å². The predicted octanol–water partition coefficient (Wildman–Crippen LogP) is 4.71. The van der Waals surface area contributed by atoms with Gasteiger partial charge in [0, 0.05) is 13.2 Å². The Morgan fingerprint density at radius 1 is 0.741 bits per heavy atom. The van der Waals surface area contributed by atoms with Gasteiger partial charge in [0.25, 0.3) is 0 Å². The number of unbranched alkanes of at least 4 members (excludes halogenated alkanes) is 2. The van der Waals surface area contributed by atoms with Crippen molar-refractivity contribution in [2.45, 2.75) is 32.6 Å². The molecule has 0 saturated carbocycles. The van der Waals surface area contributed by atoms with Gasteiger partial charge >= 0.3 is 0 Å². The molecule has 2 aromatic rings. The highest BCUT2D eigenvalue weighted by molar-refractivity contribution is 5.47. The summed E-state index contributed by atoms with van der Waals surface area (Å²) in [6.07, 6.45) is 3.16. The molecule has 2 N–H and O–H groups in total. The zero-order valence-corrected chi connectivity index (χ0v) is 15.8. The van der Waals surface area contributed by atoms with Crippen molar-refractivity contribution in [2.24, 2.45) is 10.2 Å². The molecule has 0 bridgehead atoms. The molecule has 0 aromatic heterocycles. The number of aryl methyl sites for hydroxylation is 1. The number of benzene rings is 2. The van der Waals surface area contributed by atoms with Gasteiger partial charge in [-0.05, 0) is 80.6 Å². The van der Waals surface area contributed by atoms with Crippen molar-refractivity contribution in [1.82, 2.24) is 0 Å². The summed E-state index contributed by atoms with van der Waals surface area (Å²) in [5.41, 5.74) is 2.52. The molecule has 0 saturated heterocycles. The van der Waals surface area contributed by atoms with Gasteiger partial charge < -0.3 is 19.7 Å². The Morgan fingerprint density at radius 2 is 1.33 bits per heavy atom. The van der Waals surface area contributed by atoms with E-state index >= 15 is 0 Å². The van der Waals surface area contributed by atoms with E-state index < -0.39 is 0 Å². The Morgan fingerprint density at radius 3 is 1.96 bits per heavy atom. The predicted molar refractivity (Wildman–Crippen MR) is 105 cm³/mol. The molecule has 6 heteroatoms. The van der Waals surface area contributed by atoms with Crippen LogP contribution in [0.15, 0.2) is 52.7 Å². The second kappa shape index (κ2) is 12.0. The van der Waals surface area contributed by atoms with Gasteiger partial charge in [0.2, 0.25) is 0 Å². The first-order valence-corrected chi connectivity index (χ1v) is 9.32. The third-order valence-corrected chi connectivity index (χ3v) is 3.91. The van der Waals surface area contributed by atoms with E-state index in [1.54, 1.807) is 0 Å². The van der Waals surface area contributed by atoms with Crippen molar-refractivity contribution in [1.29, 1.82) is 0 Å². The number of rotatable bonds is 12. The summed E-state index contributed by atoms with van der Waals surface area (Å²) in [7, 11) is 0. The summed E-state index contributed by atoms with van der Waals surface area (Å²) >= 11 is 0. The van der Waals surface area contributed by atoms with Gasteiger partial charge in [-0.1, -0.05) is 0 Å². The average molecular weight is 372 g/mol. The third-order valence-electron chi connectivity index (χ3n) is 3.91. The maximum Gasteiger partial charge on any atom is 0.122 e. The Hall–Kier alpha value is -2.44. The maximum absolute atomic E-state index is 8.79. The third kappa shape index (κ3) is 7.76. The quantitative estimate of drug-likeness (QED) is 0.417. The minimum absolute atomic E-state index is 0.193. The van der Waals surface area contributed by atoms with Crippen LogP contribution in [0.1, 0.15) is 31.2 Å². The van der Waals surface area contributed by atoms with Crippen LogP contribution in [0.25, 0.3) is 0 Å². The maximum atomic E-state index is 8.79. The van der Waals surface area contributed by atoms with E-state index in [4.69, 9.17) is 19.7 Å². The molecule has 2 rings (SSSR count). The van der Waals surface area contributed by atoms with Gasteiger partial charge in [-0.25, -0.2) is 0 Å². The number of hydrogen-bond donors (Lipinski definition) is 2. The van der Waals surface area contributed by atoms with Crippen LogP contribution in [0, 0.1) is 6.92 Å². The van der Waals surface area contributed by atoms with Crippen molar-refractivity contribution in [3.8, 4) is 11.5 Å². The normalized spacial score (nSPS) is 11.1. The Balaban J connectivity index is 1.86. The molecule has 6 nitrogen and oxygen atoms in total. The molecule has 27 heavy (non-hydrogen) atoms. The summed E-state index contributed by atoms with van der Waals surface area (Å²) in [5, 5.41) is 26.1. The monoisotopic (exact) mass is 372 g/mol. The fraction of sp³-hybridized carbons (Fsp3) is 0.429. The summed E-state index contributed by atoms with van der Waals surface area (Å²) in [5.74, 6) is 1.61. The Labute approximate surface area is 160 Å². The summed E-state index contributed by atoms with van der Waals surface area (Å²) in [4.78, 5) is 0. The standard InChI is InChI=1S/C21H28N2O4/c1-17-16-19(8-11-21(17)27-15-5-3-13-25)23-22-18-6-9-20(10-7-18)26-14-4-2-12-24/h6-11,16,24-25H,2-5,12-15H2,1H3. The molecule has 0 atom stereocenters. The lowest BCUT2D eigenvalue weighted by molar-refractivity contribution is 0.252. The molecule has 0 aliphatic carbocycles. The van der Waals surface area contributed by atoms with E-state index in [1.807, 2.05) is 49.4 Å². The lowest BCUT2D eigenvalue weighted by Gasteiger charge is -2.09. The van der Waals surface area contributed by atoms with Crippen molar-refractivity contribution in [3.63, 3.8) is 0 Å². The van der Waals surface area contributed by atoms with E-state index in [2.05, 4.69) is 10.2 Å². The zero-order chi connectivity index (χ0) is 19.3. The molecule has 0 aliphatic heterocycles. The SMILES string of the molecule is Cc1cc(N=Nc2ccc(OCCCCO)cc2)ccc1OCCCCO. The van der Waals surface area contributed by atoms with Gasteiger partial charge in [0.05, 0.1) is 24.6 Å². The van der Waals surface area contributed by atoms with Gasteiger partial charge in [-0.15, -0.1) is 0 Å². The highest BCUT2D eigenvalue weighted by atomic mass is 16.5. The fourth-order valence-corrected chi connectivity index (χ4v) is 2.38. The van der Waals surface area contributed by atoms with Crippen LogP contribution in [-0.4, -0.2) is 36.6 Å². The Bertz CT molecular complexity index is 702. The van der Waals surface area contributed by atoms with Crippen LogP contribution in [0.2, 0.25) is 0 Å². The van der Waals surface area contributed by atoms with E-state index in [9.17, 15) is 0 Å². The van der Waals surface area contributed by atoms with Gasteiger partial charge in [-0.3, -0.25) is 0 Å². The van der Waals surface area contributed by atoms with Crippen molar-refractivity contribution < 1.29 is 19.7 Å². The highest BCUT2D eigenvalue weighted by Crippen LogP contribution is 2.26. The number of aliphatic hydroxyl groups excluding tert-OH is 2. The minimum atomic E-state index is 0.193. The van der Waals surface area contributed by atoms with Crippen molar-refractivity contribution in [2.75, 3.05) is 26.4 Å². The van der Waals surface area contributed by atoms with Crippen LogP contribution in [0.5, 0.6) is 11.5 Å². The number of nitrogens with zero attached hydrogens (tertiary/aromatic N) is 2. The number of aliphatic hydroxyl groups is 2. The topological polar surface area (TPSA) is 83.6 Å². The first-order valence-electron chi connectivity index (χ1n) is 9.32. The van der Waals surface area contributed by atoms with Gasteiger partial charge in [-0.2, -0.15) is 10.2 Å². The highest BCUT2D eigenvalue weighted by Gasteiger charge is 2.01. The van der Waals surface area contributed by atoms with Crippen LogP contribution in [0.3, 0.4) is 0 Å². The molecule has 0 aliphatic rings. The summed E-state index contributed by atoms with van der Waals surface area (Å²) in [6, 6.07) is 13.1. The molecule has 0 spiro atoms. The molecular weight excluding hydrogens is 344 g/mol. The van der Waals surface area contributed by atoms with E-state index in [-0.39, 0.29) is 13.2 Å². The second-order valence-corrected chi connectivity index (χ2v) is 6.20. The van der Waals surface area contributed by atoms with Crippen LogP contribution in [-0.2, 0) is 0 Å². The second-order valence-electron chi connectivity index (χ2n) is 6.20. The number of azo groups is 1. The molecular formula is C21H28N2O4. The van der Waals surface area contributed by atoms with Crippen molar-refractivity contribution >= 4 is 11.4 Å². The van der Waals surface area contributed by atoms with Crippen LogP contribution in [0.4, 0.5) is 11.4 Å². The van der Waals surface area contributed by atoms with E-state index in [0.717, 1.165) is 54.1 Å². The van der Waals surface area contributed by atoms with Gasteiger partial charge in [0.1, 0.15) is 11.5 Å². The van der Waals surface area contributed by atoms with E-state index in [1.165, 1.54) is 0 Å². The lowest BCUT2D eigenvalue weighted by Crippen LogP contribution is -1.99. The summed E-state index contributed by atoms with van der Waals surface area (Å²) < 4.78 is 11.3. The molecule has 0 radical (unpaired) electrons. The Kier molecular flexibility index (Phi) is 9.30. The molecule has 2 aromatic carbocycles. The lowest BCUT2D eigenvalue weighted by atomic mass is 10.2. The molecule has 0 amide bonds.